The van der Waals surface area contributed by atoms with Crippen LogP contribution in [0.3, 0.4) is 0 Å². The van der Waals surface area contributed by atoms with Gasteiger partial charge in [-0.25, -0.2) is 4.79 Å². The van der Waals surface area contributed by atoms with Crippen molar-refractivity contribution in [3.63, 3.8) is 0 Å². The van der Waals surface area contributed by atoms with Crippen molar-refractivity contribution in [1.29, 1.82) is 0 Å². The molecule has 0 spiro atoms. The fraction of sp³-hybridized carbons (Fsp3) is 0.857. The van der Waals surface area contributed by atoms with E-state index in [1.54, 1.807) is 6.42 Å². The van der Waals surface area contributed by atoms with Gasteiger partial charge in [-0.1, -0.05) is 13.5 Å². The van der Waals surface area contributed by atoms with Crippen LogP contribution < -0.4 is 0 Å². The highest BCUT2D eigenvalue weighted by atomic mass is 16.5. The van der Waals surface area contributed by atoms with E-state index in [-0.39, 0.29) is 12.1 Å². The Hall–Kier alpha value is -0.790. The van der Waals surface area contributed by atoms with Gasteiger partial charge in [-0.15, -0.1) is 0 Å². The molecule has 6 rings (SSSR count). The van der Waals surface area contributed by atoms with Crippen LogP contribution in [0.2, 0.25) is 0 Å². The van der Waals surface area contributed by atoms with Gasteiger partial charge in [0.15, 0.2) is 0 Å². The van der Waals surface area contributed by atoms with Gasteiger partial charge < -0.3 is 4.74 Å². The average molecular weight is 312 g/mol. The van der Waals surface area contributed by atoms with Crippen LogP contribution in [0.1, 0.15) is 39.0 Å². The maximum atomic E-state index is 11.7. The van der Waals surface area contributed by atoms with Crippen LogP contribution in [0.15, 0.2) is 12.7 Å². The minimum absolute atomic E-state index is 0.200. The van der Waals surface area contributed by atoms with Gasteiger partial charge in [0.1, 0.15) is 6.10 Å². The third kappa shape index (κ3) is 1.46. The number of hydrogen-bond donors (Lipinski definition) is 0. The van der Waals surface area contributed by atoms with Crippen LogP contribution in [0.5, 0.6) is 0 Å². The molecule has 0 heterocycles. The van der Waals surface area contributed by atoms with Crippen LogP contribution >= 0.6 is 0 Å². The van der Waals surface area contributed by atoms with Crippen LogP contribution in [-0.4, -0.2) is 12.1 Å². The van der Waals surface area contributed by atoms with E-state index in [1.165, 1.54) is 25.3 Å². The lowest BCUT2D eigenvalue weighted by Crippen LogP contribution is -2.45. The first kappa shape index (κ1) is 13.5. The number of carbonyl (C=O) groups is 1. The zero-order valence-corrected chi connectivity index (χ0v) is 14.1. The number of hydrogen-bond acceptors (Lipinski definition) is 2. The standard InChI is InChI=1S/C21H28O2/c1-3-17(22)23-16-7-11-6-13(16)21-15-8-14(19(11)21)20-12-5-10(18(15)20)4-9(12)2/h3,9-16,18-21H,1,4-8H2,2H3. The molecule has 0 aromatic carbocycles. The monoisotopic (exact) mass is 312 g/mol. The van der Waals surface area contributed by atoms with Crippen LogP contribution in [0, 0.1) is 65.1 Å². The molecule has 2 nitrogen and oxygen atoms in total. The Morgan fingerprint density at radius 1 is 0.870 bits per heavy atom. The van der Waals surface area contributed by atoms with Crippen LogP contribution in [-0.2, 0) is 9.53 Å². The normalized spacial score (nSPS) is 63.3. The van der Waals surface area contributed by atoms with E-state index < -0.39 is 0 Å². The van der Waals surface area contributed by atoms with Crippen molar-refractivity contribution in [3.8, 4) is 0 Å². The summed E-state index contributed by atoms with van der Waals surface area (Å²) in [4.78, 5) is 11.7. The highest BCUT2D eigenvalue weighted by Gasteiger charge is 2.72. The summed E-state index contributed by atoms with van der Waals surface area (Å²) in [6.07, 6.45) is 8.64. The lowest BCUT2D eigenvalue weighted by Gasteiger charge is -2.47. The van der Waals surface area contributed by atoms with Gasteiger partial charge in [-0.3, -0.25) is 0 Å². The zero-order valence-electron chi connectivity index (χ0n) is 14.1. The number of carbonyl (C=O) groups excluding carboxylic acids is 1. The minimum atomic E-state index is -0.200. The lowest BCUT2D eigenvalue weighted by atomic mass is 9.58. The summed E-state index contributed by atoms with van der Waals surface area (Å²) in [7, 11) is 0. The van der Waals surface area contributed by atoms with Gasteiger partial charge in [0, 0.05) is 6.08 Å². The van der Waals surface area contributed by atoms with Gasteiger partial charge >= 0.3 is 5.97 Å². The van der Waals surface area contributed by atoms with E-state index in [9.17, 15) is 4.79 Å². The first-order chi connectivity index (χ1) is 11.2. The molecule has 2 heteroatoms. The Morgan fingerprint density at radius 3 is 2.26 bits per heavy atom. The van der Waals surface area contributed by atoms with Crippen molar-refractivity contribution in [2.75, 3.05) is 0 Å². The minimum Gasteiger partial charge on any atom is -0.459 e. The molecule has 0 N–H and O–H groups in total. The molecule has 0 aliphatic heterocycles. The number of rotatable bonds is 2. The number of ether oxygens (including phenoxy) is 1. The van der Waals surface area contributed by atoms with Gasteiger partial charge in [0.25, 0.3) is 0 Å². The third-order valence-corrected chi connectivity index (χ3v) is 9.49. The van der Waals surface area contributed by atoms with Gasteiger partial charge in [-0.2, -0.15) is 0 Å². The third-order valence-electron chi connectivity index (χ3n) is 9.49. The first-order valence-electron chi connectivity index (χ1n) is 10.0. The maximum Gasteiger partial charge on any atom is 0.330 e. The van der Waals surface area contributed by atoms with E-state index in [4.69, 9.17) is 4.74 Å². The van der Waals surface area contributed by atoms with E-state index in [1.807, 2.05) is 0 Å². The summed E-state index contributed by atoms with van der Waals surface area (Å²) in [5.74, 6) is 10.5. The predicted molar refractivity (Wildman–Crippen MR) is 87.2 cm³/mol. The zero-order chi connectivity index (χ0) is 15.5. The molecule has 6 saturated carbocycles. The topological polar surface area (TPSA) is 26.3 Å². The molecule has 6 aliphatic carbocycles. The summed E-state index contributed by atoms with van der Waals surface area (Å²) < 4.78 is 5.74. The van der Waals surface area contributed by atoms with Crippen molar-refractivity contribution in [3.05, 3.63) is 12.7 Å². The second-order valence-corrected chi connectivity index (χ2v) is 9.82. The highest BCUT2D eigenvalue weighted by molar-refractivity contribution is 5.81. The molecule has 0 radical (unpaired) electrons. The molecular weight excluding hydrogens is 284 g/mol. The Balaban J connectivity index is 1.30. The lowest BCUT2D eigenvalue weighted by molar-refractivity contribution is -0.149. The van der Waals surface area contributed by atoms with Crippen molar-refractivity contribution in [2.24, 2.45) is 65.1 Å². The van der Waals surface area contributed by atoms with Crippen molar-refractivity contribution in [1.82, 2.24) is 0 Å². The van der Waals surface area contributed by atoms with E-state index in [0.29, 0.717) is 5.92 Å². The van der Waals surface area contributed by atoms with Gasteiger partial charge in [-0.05, 0) is 97.2 Å². The largest absolute Gasteiger partial charge is 0.459 e. The molecule has 6 bridgehead atoms. The molecular formula is C21H28O2. The Morgan fingerprint density at radius 2 is 1.52 bits per heavy atom. The Kier molecular flexibility index (Phi) is 2.49. The van der Waals surface area contributed by atoms with Crippen molar-refractivity contribution >= 4 is 5.97 Å². The molecule has 0 aromatic rings. The molecule has 12 atom stereocenters. The summed E-state index contributed by atoms with van der Waals surface area (Å²) >= 11 is 0. The van der Waals surface area contributed by atoms with Gasteiger partial charge in [0.2, 0.25) is 0 Å². The Labute approximate surface area is 139 Å². The summed E-state index contributed by atoms with van der Waals surface area (Å²) in [5, 5.41) is 0. The van der Waals surface area contributed by atoms with E-state index in [0.717, 1.165) is 65.6 Å². The fourth-order valence-corrected chi connectivity index (χ4v) is 9.44. The average Bonchev–Trinajstić information content (AvgIpc) is 3.30. The SMILES string of the molecule is C=CC(=O)OC1CC2CC1C1C3CC(C21)C1C2CC(CC2C)C31. The van der Waals surface area contributed by atoms with Crippen molar-refractivity contribution in [2.45, 2.75) is 45.1 Å². The smallest absolute Gasteiger partial charge is 0.330 e. The molecule has 124 valence electrons. The second kappa shape index (κ2) is 4.24. The fourth-order valence-electron chi connectivity index (χ4n) is 9.44. The second-order valence-electron chi connectivity index (χ2n) is 9.82. The number of esters is 1. The first-order valence-corrected chi connectivity index (χ1v) is 10.0. The predicted octanol–water partition coefficient (Wildman–Crippen LogP) is 3.91. The van der Waals surface area contributed by atoms with Gasteiger partial charge in [0.05, 0.1) is 0 Å². The molecule has 0 aromatic heterocycles. The van der Waals surface area contributed by atoms with Crippen LogP contribution in [0.25, 0.3) is 0 Å². The Bertz CT molecular complexity index is 582. The van der Waals surface area contributed by atoms with Crippen molar-refractivity contribution < 1.29 is 9.53 Å². The van der Waals surface area contributed by atoms with Crippen LogP contribution in [0.4, 0.5) is 0 Å². The molecule has 0 saturated heterocycles. The summed E-state index contributed by atoms with van der Waals surface area (Å²) in [6, 6.07) is 0. The summed E-state index contributed by atoms with van der Waals surface area (Å²) in [6.45, 7) is 6.10. The molecule has 0 amide bonds. The number of fused-ring (bicyclic) bond motifs is 16. The molecule has 12 unspecified atom stereocenters. The van der Waals surface area contributed by atoms with E-state index >= 15 is 0 Å². The highest BCUT2D eigenvalue weighted by Crippen LogP contribution is 2.77. The molecule has 23 heavy (non-hydrogen) atoms. The molecule has 6 fully saturated rings. The summed E-state index contributed by atoms with van der Waals surface area (Å²) in [5.41, 5.74) is 0. The molecule has 6 aliphatic rings. The maximum absolute atomic E-state index is 11.7. The quantitative estimate of drug-likeness (QED) is 0.439. The van der Waals surface area contributed by atoms with E-state index in [2.05, 4.69) is 13.5 Å².